The van der Waals surface area contributed by atoms with Gasteiger partial charge in [-0.2, -0.15) is 5.10 Å². The molecule has 0 bridgehead atoms. The molecular weight excluding hydrogens is 360 g/mol. The summed E-state index contributed by atoms with van der Waals surface area (Å²) in [6.45, 7) is 1.28. The largest absolute Gasteiger partial charge is 0.495 e. The van der Waals surface area contributed by atoms with Crippen LogP contribution < -0.4 is 15.4 Å². The van der Waals surface area contributed by atoms with Gasteiger partial charge in [0, 0.05) is 30.9 Å². The second kappa shape index (κ2) is 8.20. The molecule has 1 aliphatic heterocycles. The normalized spacial score (nSPS) is 14.7. The Morgan fingerprint density at radius 2 is 2.04 bits per heavy atom. The summed E-state index contributed by atoms with van der Waals surface area (Å²) in [6, 6.07) is 6.26. The molecule has 0 spiro atoms. The number of aromatic nitrogens is 2. The molecule has 3 rings (SSSR count). The number of hydrogen-bond acceptors (Lipinski definition) is 5. The number of rotatable bonds is 5. The van der Waals surface area contributed by atoms with Crippen LogP contribution in [0, 0.1) is 0 Å². The highest BCUT2D eigenvalue weighted by Crippen LogP contribution is 2.25. The van der Waals surface area contributed by atoms with Gasteiger partial charge in [0.25, 0.3) is 11.8 Å². The molecule has 1 aromatic carbocycles. The highest BCUT2D eigenvalue weighted by atomic mass is 35.5. The summed E-state index contributed by atoms with van der Waals surface area (Å²) in [6.07, 6.45) is 1.56. The van der Waals surface area contributed by atoms with E-state index in [9.17, 15) is 9.59 Å². The van der Waals surface area contributed by atoms with E-state index in [4.69, 9.17) is 21.1 Å². The number of methoxy groups -OCH3 is 1. The zero-order valence-corrected chi connectivity index (χ0v) is 14.9. The van der Waals surface area contributed by atoms with Crippen LogP contribution in [-0.2, 0) is 4.74 Å². The van der Waals surface area contributed by atoms with E-state index in [1.807, 2.05) is 0 Å². The molecule has 1 aliphatic rings. The Bertz CT molecular complexity index is 802. The first-order valence-corrected chi connectivity index (χ1v) is 8.53. The lowest BCUT2D eigenvalue weighted by Gasteiger charge is -2.22. The van der Waals surface area contributed by atoms with Crippen LogP contribution in [0.25, 0.3) is 0 Å². The van der Waals surface area contributed by atoms with Crippen LogP contribution in [0.15, 0.2) is 24.3 Å². The van der Waals surface area contributed by atoms with E-state index in [1.54, 1.807) is 12.1 Å². The van der Waals surface area contributed by atoms with Crippen molar-refractivity contribution in [3.05, 3.63) is 40.5 Å². The second-order valence-corrected chi connectivity index (χ2v) is 6.24. The molecule has 0 aliphatic carbocycles. The number of anilines is 1. The average molecular weight is 379 g/mol. The van der Waals surface area contributed by atoms with Crippen molar-refractivity contribution in [2.24, 2.45) is 0 Å². The molecule has 1 fully saturated rings. The van der Waals surface area contributed by atoms with Gasteiger partial charge in [-0.3, -0.25) is 14.7 Å². The number of nitrogens with zero attached hydrogens (tertiary/aromatic N) is 1. The zero-order chi connectivity index (χ0) is 18.5. The van der Waals surface area contributed by atoms with Crippen molar-refractivity contribution < 1.29 is 19.1 Å². The Morgan fingerprint density at radius 1 is 1.27 bits per heavy atom. The van der Waals surface area contributed by atoms with E-state index < -0.39 is 5.91 Å². The summed E-state index contributed by atoms with van der Waals surface area (Å²) in [4.78, 5) is 24.5. The first-order chi connectivity index (χ1) is 12.6. The first kappa shape index (κ1) is 18.2. The second-order valence-electron chi connectivity index (χ2n) is 5.83. The number of benzene rings is 1. The van der Waals surface area contributed by atoms with Crippen molar-refractivity contribution in [1.29, 1.82) is 0 Å². The van der Waals surface area contributed by atoms with Gasteiger partial charge in [0.2, 0.25) is 0 Å². The van der Waals surface area contributed by atoms with E-state index >= 15 is 0 Å². The third-order valence-corrected chi connectivity index (χ3v) is 4.33. The zero-order valence-electron chi connectivity index (χ0n) is 14.2. The minimum atomic E-state index is -0.391. The standard InChI is InChI=1S/C17H19ClN4O4/c1-25-14-3-2-10(8-12(14)18)16(23)20-15-9-13(21-22-15)17(24)19-11-4-6-26-7-5-11/h2-3,8-9,11H,4-7H2,1H3,(H,19,24)(H2,20,21,22,23). The lowest BCUT2D eigenvalue weighted by atomic mass is 10.1. The van der Waals surface area contributed by atoms with Crippen molar-refractivity contribution in [2.45, 2.75) is 18.9 Å². The Kier molecular flexibility index (Phi) is 5.75. The summed E-state index contributed by atoms with van der Waals surface area (Å²) >= 11 is 6.03. The Balaban J connectivity index is 1.61. The number of ether oxygens (including phenoxy) is 2. The maximum atomic E-state index is 12.3. The van der Waals surface area contributed by atoms with Crippen LogP contribution in [-0.4, -0.2) is 48.4 Å². The highest BCUT2D eigenvalue weighted by Gasteiger charge is 2.19. The van der Waals surface area contributed by atoms with Crippen molar-refractivity contribution >= 4 is 29.2 Å². The average Bonchev–Trinajstić information content (AvgIpc) is 3.11. The van der Waals surface area contributed by atoms with Crippen LogP contribution in [0.5, 0.6) is 5.75 Å². The quantitative estimate of drug-likeness (QED) is 0.739. The molecule has 0 saturated carbocycles. The molecule has 9 heteroatoms. The third kappa shape index (κ3) is 4.33. The summed E-state index contributed by atoms with van der Waals surface area (Å²) in [5.41, 5.74) is 0.631. The molecule has 1 saturated heterocycles. The van der Waals surface area contributed by atoms with Gasteiger partial charge in [-0.1, -0.05) is 11.6 Å². The van der Waals surface area contributed by atoms with Gasteiger partial charge in [0.05, 0.1) is 12.1 Å². The molecule has 1 aromatic heterocycles. The maximum absolute atomic E-state index is 12.3. The monoisotopic (exact) mass is 378 g/mol. The number of aromatic amines is 1. The van der Waals surface area contributed by atoms with Crippen molar-refractivity contribution in [2.75, 3.05) is 25.6 Å². The van der Waals surface area contributed by atoms with Crippen molar-refractivity contribution in [1.82, 2.24) is 15.5 Å². The molecule has 26 heavy (non-hydrogen) atoms. The SMILES string of the molecule is COc1ccc(C(=O)Nc2cc(C(=O)NC3CCOCC3)[nH]n2)cc1Cl. The van der Waals surface area contributed by atoms with Gasteiger partial charge in [-0.25, -0.2) is 0 Å². The van der Waals surface area contributed by atoms with Crippen molar-refractivity contribution in [3.8, 4) is 5.75 Å². The van der Waals surface area contributed by atoms with Gasteiger partial charge >= 0.3 is 0 Å². The molecule has 0 radical (unpaired) electrons. The van der Waals surface area contributed by atoms with E-state index in [1.165, 1.54) is 19.2 Å². The predicted octanol–water partition coefficient (Wildman–Crippen LogP) is 2.23. The Labute approximate surface area is 155 Å². The molecule has 0 atom stereocenters. The number of carbonyl (C=O) groups excluding carboxylic acids is 2. The summed E-state index contributed by atoms with van der Waals surface area (Å²) in [5, 5.41) is 12.5. The van der Waals surface area contributed by atoms with E-state index in [-0.39, 0.29) is 23.5 Å². The fourth-order valence-corrected chi connectivity index (χ4v) is 2.86. The lowest BCUT2D eigenvalue weighted by Crippen LogP contribution is -2.39. The third-order valence-electron chi connectivity index (χ3n) is 4.03. The number of nitrogens with one attached hydrogen (secondary N) is 3. The molecule has 2 aromatic rings. The molecule has 2 amide bonds. The van der Waals surface area contributed by atoms with Crippen LogP contribution in [0.3, 0.4) is 0 Å². The van der Waals surface area contributed by atoms with Gasteiger partial charge in [-0.15, -0.1) is 0 Å². The predicted molar refractivity (Wildman–Crippen MR) is 95.9 cm³/mol. The highest BCUT2D eigenvalue weighted by molar-refractivity contribution is 6.32. The first-order valence-electron chi connectivity index (χ1n) is 8.15. The molecule has 8 nitrogen and oxygen atoms in total. The fraction of sp³-hybridized carbons (Fsp3) is 0.353. The summed E-state index contributed by atoms with van der Waals surface area (Å²) < 4.78 is 10.3. The van der Waals surface area contributed by atoms with E-state index in [2.05, 4.69) is 20.8 Å². The topological polar surface area (TPSA) is 105 Å². The minimum absolute atomic E-state index is 0.0824. The van der Waals surface area contributed by atoms with Gasteiger partial charge in [-0.05, 0) is 31.0 Å². The Hall–Kier alpha value is -2.58. The molecule has 138 valence electrons. The number of H-pyrrole nitrogens is 1. The van der Waals surface area contributed by atoms with Crippen LogP contribution >= 0.6 is 11.6 Å². The lowest BCUT2D eigenvalue weighted by molar-refractivity contribution is 0.0694. The number of amides is 2. The number of hydrogen-bond donors (Lipinski definition) is 3. The number of halogens is 1. The fourth-order valence-electron chi connectivity index (χ4n) is 2.60. The van der Waals surface area contributed by atoms with Gasteiger partial charge < -0.3 is 20.1 Å². The molecular formula is C17H19ClN4O4. The molecule has 2 heterocycles. The molecule has 0 unspecified atom stereocenters. The maximum Gasteiger partial charge on any atom is 0.269 e. The van der Waals surface area contributed by atoms with Gasteiger partial charge in [0.15, 0.2) is 5.82 Å². The smallest absolute Gasteiger partial charge is 0.269 e. The Morgan fingerprint density at radius 3 is 2.73 bits per heavy atom. The molecule has 3 N–H and O–H groups in total. The van der Waals surface area contributed by atoms with Gasteiger partial charge in [0.1, 0.15) is 11.4 Å². The summed E-state index contributed by atoms with van der Waals surface area (Å²) in [7, 11) is 1.50. The number of carbonyl (C=O) groups is 2. The van der Waals surface area contributed by atoms with E-state index in [0.29, 0.717) is 29.5 Å². The van der Waals surface area contributed by atoms with Crippen molar-refractivity contribution in [3.63, 3.8) is 0 Å². The van der Waals surface area contributed by atoms with Crippen LogP contribution in [0.2, 0.25) is 5.02 Å². The van der Waals surface area contributed by atoms with Crippen LogP contribution in [0.4, 0.5) is 5.82 Å². The van der Waals surface area contributed by atoms with E-state index in [0.717, 1.165) is 12.8 Å². The minimum Gasteiger partial charge on any atom is -0.495 e. The summed E-state index contributed by atoms with van der Waals surface area (Å²) in [5.74, 6) is 0.0731. The van der Waals surface area contributed by atoms with Crippen LogP contribution in [0.1, 0.15) is 33.7 Å².